The molecule has 2 aromatic rings. The molecule has 0 atom stereocenters. The molecule has 0 aliphatic rings. The van der Waals surface area contributed by atoms with Gasteiger partial charge in [0.25, 0.3) is 5.92 Å². The van der Waals surface area contributed by atoms with Crippen LogP contribution < -0.4 is 16.7 Å². The van der Waals surface area contributed by atoms with Gasteiger partial charge in [0.1, 0.15) is 5.82 Å². The van der Waals surface area contributed by atoms with Gasteiger partial charge >= 0.3 is 5.69 Å². The summed E-state index contributed by atoms with van der Waals surface area (Å²) >= 11 is 0. The topological polar surface area (TPSA) is 101 Å². The van der Waals surface area contributed by atoms with E-state index in [1.54, 1.807) is 0 Å². The van der Waals surface area contributed by atoms with Crippen molar-refractivity contribution in [2.24, 2.45) is 5.73 Å². The van der Waals surface area contributed by atoms with Gasteiger partial charge in [0, 0.05) is 0 Å². The van der Waals surface area contributed by atoms with Crippen LogP contribution in [0, 0.1) is 0 Å². The Morgan fingerprint density at radius 2 is 2.29 bits per heavy atom. The molecular formula is C8H10F2N6O. The van der Waals surface area contributed by atoms with Crippen molar-refractivity contribution >= 4 is 11.5 Å². The van der Waals surface area contributed by atoms with Gasteiger partial charge in [-0.15, -0.1) is 5.10 Å². The third kappa shape index (κ3) is 2.38. The van der Waals surface area contributed by atoms with E-state index in [1.165, 1.54) is 12.1 Å². The number of halogens is 2. The van der Waals surface area contributed by atoms with E-state index in [-0.39, 0.29) is 5.82 Å². The Morgan fingerprint density at radius 1 is 1.53 bits per heavy atom. The molecule has 2 aromatic heterocycles. The van der Waals surface area contributed by atoms with E-state index in [2.05, 4.69) is 20.6 Å². The molecule has 0 radical (unpaired) electrons. The third-order valence-corrected chi connectivity index (χ3v) is 2.10. The highest BCUT2D eigenvalue weighted by Crippen LogP contribution is 2.12. The van der Waals surface area contributed by atoms with Crippen molar-refractivity contribution < 1.29 is 8.78 Å². The maximum Gasteiger partial charge on any atom is 0.364 e. The number of aromatic nitrogens is 4. The predicted molar refractivity (Wildman–Crippen MR) is 56.1 cm³/mol. The molecule has 0 aromatic carbocycles. The van der Waals surface area contributed by atoms with Crippen LogP contribution in [-0.4, -0.2) is 38.8 Å². The van der Waals surface area contributed by atoms with Gasteiger partial charge in [0.15, 0.2) is 5.65 Å². The largest absolute Gasteiger partial charge is 0.364 e. The Bertz CT molecular complexity index is 577. The average Bonchev–Trinajstić information content (AvgIpc) is 2.69. The first-order chi connectivity index (χ1) is 8.02. The maximum atomic E-state index is 12.9. The summed E-state index contributed by atoms with van der Waals surface area (Å²) in [6.45, 7) is -1.40. The van der Waals surface area contributed by atoms with Crippen LogP contribution in [0.25, 0.3) is 5.65 Å². The highest BCUT2D eigenvalue weighted by atomic mass is 19.3. The molecule has 0 saturated carbocycles. The molecule has 0 bridgehead atoms. The highest BCUT2D eigenvalue weighted by Gasteiger charge is 2.26. The number of rotatable bonds is 4. The summed E-state index contributed by atoms with van der Waals surface area (Å²) in [5, 5.41) is 12.0. The van der Waals surface area contributed by atoms with Gasteiger partial charge in [-0.05, 0) is 12.1 Å². The lowest BCUT2D eigenvalue weighted by atomic mass is 10.3. The second kappa shape index (κ2) is 4.09. The average molecular weight is 244 g/mol. The van der Waals surface area contributed by atoms with E-state index in [0.29, 0.717) is 5.65 Å². The maximum absolute atomic E-state index is 12.9. The van der Waals surface area contributed by atoms with E-state index >= 15 is 0 Å². The third-order valence-electron chi connectivity index (χ3n) is 2.10. The smallest absolute Gasteiger partial charge is 0.363 e. The van der Waals surface area contributed by atoms with Crippen LogP contribution in [0.2, 0.25) is 0 Å². The fraction of sp³-hybridized carbons (Fsp3) is 0.375. The summed E-state index contributed by atoms with van der Waals surface area (Å²) in [7, 11) is 0. The first kappa shape index (κ1) is 11.5. The zero-order valence-electron chi connectivity index (χ0n) is 8.65. The van der Waals surface area contributed by atoms with E-state index in [4.69, 9.17) is 5.73 Å². The van der Waals surface area contributed by atoms with Gasteiger partial charge in [-0.25, -0.2) is 18.7 Å². The van der Waals surface area contributed by atoms with E-state index in [9.17, 15) is 13.6 Å². The highest BCUT2D eigenvalue weighted by molar-refractivity contribution is 5.43. The number of hydrogen-bond acceptors (Lipinski definition) is 5. The van der Waals surface area contributed by atoms with Gasteiger partial charge < -0.3 is 11.1 Å². The van der Waals surface area contributed by atoms with Crippen LogP contribution in [0.15, 0.2) is 16.9 Å². The molecule has 0 unspecified atom stereocenters. The Hall–Kier alpha value is -2.03. The molecule has 0 spiro atoms. The quantitative estimate of drug-likeness (QED) is 0.668. The molecule has 17 heavy (non-hydrogen) atoms. The molecule has 0 aliphatic heterocycles. The summed E-state index contributed by atoms with van der Waals surface area (Å²) in [6.07, 6.45) is 0. The number of aromatic amines is 1. The fourth-order valence-corrected chi connectivity index (χ4v) is 1.19. The fourth-order valence-electron chi connectivity index (χ4n) is 1.19. The molecule has 0 amide bonds. The zero-order chi connectivity index (χ0) is 12.5. The second-order valence-electron chi connectivity index (χ2n) is 3.43. The van der Waals surface area contributed by atoms with E-state index < -0.39 is 24.7 Å². The Balaban J connectivity index is 2.19. The van der Waals surface area contributed by atoms with Crippen molar-refractivity contribution in [3.05, 3.63) is 22.6 Å². The minimum absolute atomic E-state index is 0.147. The Labute approximate surface area is 93.6 Å². The van der Waals surface area contributed by atoms with Crippen molar-refractivity contribution in [3.8, 4) is 0 Å². The van der Waals surface area contributed by atoms with Crippen molar-refractivity contribution in [1.82, 2.24) is 19.8 Å². The second-order valence-corrected chi connectivity index (χ2v) is 3.43. The number of fused-ring (bicyclic) bond motifs is 1. The molecule has 2 heterocycles. The van der Waals surface area contributed by atoms with Crippen LogP contribution in [0.1, 0.15) is 0 Å². The van der Waals surface area contributed by atoms with Crippen molar-refractivity contribution in [1.29, 1.82) is 0 Å². The molecule has 2 rings (SSSR count). The number of hydrogen-bond donors (Lipinski definition) is 3. The zero-order valence-corrected chi connectivity index (χ0v) is 8.65. The molecule has 0 saturated heterocycles. The van der Waals surface area contributed by atoms with Crippen LogP contribution in [0.3, 0.4) is 0 Å². The lowest BCUT2D eigenvalue weighted by molar-refractivity contribution is 0.0253. The summed E-state index contributed by atoms with van der Waals surface area (Å²) < 4.78 is 26.7. The summed E-state index contributed by atoms with van der Waals surface area (Å²) in [5.74, 6) is -2.87. The van der Waals surface area contributed by atoms with E-state index in [1.807, 2.05) is 0 Å². The molecule has 4 N–H and O–H groups in total. The van der Waals surface area contributed by atoms with Crippen LogP contribution in [-0.2, 0) is 0 Å². The van der Waals surface area contributed by atoms with Crippen LogP contribution in [0.4, 0.5) is 14.6 Å². The first-order valence-electron chi connectivity index (χ1n) is 4.78. The Kier molecular flexibility index (Phi) is 2.76. The monoisotopic (exact) mass is 244 g/mol. The molecule has 0 aliphatic carbocycles. The van der Waals surface area contributed by atoms with Crippen molar-refractivity contribution in [2.45, 2.75) is 5.92 Å². The first-order valence-corrected chi connectivity index (χ1v) is 4.78. The Morgan fingerprint density at radius 3 is 3.00 bits per heavy atom. The summed E-state index contributed by atoms with van der Waals surface area (Å²) in [6, 6.07) is 2.93. The number of anilines is 1. The molecule has 9 heteroatoms. The number of H-pyrrole nitrogens is 1. The van der Waals surface area contributed by atoms with Gasteiger partial charge in [-0.1, -0.05) is 0 Å². The van der Waals surface area contributed by atoms with Gasteiger partial charge in [0.2, 0.25) is 0 Å². The van der Waals surface area contributed by atoms with Crippen molar-refractivity contribution in [2.75, 3.05) is 18.4 Å². The standard InChI is InChI=1S/C8H10F2N6O/c9-8(10,3-11)4-12-5-1-2-6-13-14-7(17)16(6)15-5/h1-2H,3-4,11H2,(H,12,15)(H,14,17). The van der Waals surface area contributed by atoms with Crippen LogP contribution >= 0.6 is 0 Å². The van der Waals surface area contributed by atoms with Crippen molar-refractivity contribution in [3.63, 3.8) is 0 Å². The molecular weight excluding hydrogens is 234 g/mol. The molecule has 0 fully saturated rings. The number of nitrogens with zero attached hydrogens (tertiary/aromatic N) is 3. The lowest BCUT2D eigenvalue weighted by Crippen LogP contribution is -2.35. The molecule has 7 nitrogen and oxygen atoms in total. The summed E-state index contributed by atoms with van der Waals surface area (Å²) in [5.41, 5.74) is 4.67. The minimum atomic E-state index is -3.02. The minimum Gasteiger partial charge on any atom is -0.363 e. The number of nitrogens with two attached hydrogens (primary N) is 1. The predicted octanol–water partition coefficient (Wildman–Crippen LogP) is -0.577. The SMILES string of the molecule is NCC(F)(F)CNc1ccc2n[nH]c(=O)n2n1. The van der Waals surface area contributed by atoms with Crippen LogP contribution in [0.5, 0.6) is 0 Å². The molecule has 92 valence electrons. The number of alkyl halides is 2. The van der Waals surface area contributed by atoms with Gasteiger partial charge in [0.05, 0.1) is 13.1 Å². The van der Waals surface area contributed by atoms with E-state index in [0.717, 1.165) is 4.52 Å². The number of nitrogens with one attached hydrogen (secondary N) is 2. The van der Waals surface area contributed by atoms with Gasteiger partial charge in [-0.3, -0.25) is 0 Å². The normalized spacial score (nSPS) is 11.9. The lowest BCUT2D eigenvalue weighted by Gasteiger charge is -2.14. The van der Waals surface area contributed by atoms with Gasteiger partial charge in [-0.2, -0.15) is 9.61 Å². The summed E-state index contributed by atoms with van der Waals surface area (Å²) in [4.78, 5) is 11.2.